The van der Waals surface area contributed by atoms with E-state index in [0.29, 0.717) is 6.10 Å². The van der Waals surface area contributed by atoms with Gasteiger partial charge in [0.15, 0.2) is 0 Å². The molecule has 0 radical (unpaired) electrons. The minimum Gasteiger partial charge on any atom is -0.382 e. The van der Waals surface area contributed by atoms with Crippen LogP contribution in [0, 0.1) is 11.3 Å². The van der Waals surface area contributed by atoms with E-state index in [1.807, 2.05) is 0 Å². The van der Waals surface area contributed by atoms with Gasteiger partial charge < -0.3 is 15.2 Å². The average Bonchev–Trinajstić information content (AvgIpc) is 3.01. The van der Waals surface area contributed by atoms with Gasteiger partial charge in [0, 0.05) is 25.7 Å². The first-order chi connectivity index (χ1) is 7.22. The SMILES string of the molecule is COC(C)CC1(CN)CCOC1C1CC1. The van der Waals surface area contributed by atoms with Crippen molar-refractivity contribution in [2.24, 2.45) is 17.1 Å². The minimum atomic E-state index is 0.191. The van der Waals surface area contributed by atoms with E-state index >= 15 is 0 Å². The molecule has 2 N–H and O–H groups in total. The Hall–Kier alpha value is -0.120. The Labute approximate surface area is 92.3 Å². The van der Waals surface area contributed by atoms with Crippen molar-refractivity contribution < 1.29 is 9.47 Å². The summed E-state index contributed by atoms with van der Waals surface area (Å²) in [6.45, 7) is 3.75. The highest BCUT2D eigenvalue weighted by Crippen LogP contribution is 2.49. The molecular weight excluding hydrogens is 190 g/mol. The number of hydrogen-bond acceptors (Lipinski definition) is 3. The van der Waals surface area contributed by atoms with Gasteiger partial charge in [-0.15, -0.1) is 0 Å². The third kappa shape index (κ3) is 2.19. The van der Waals surface area contributed by atoms with Crippen LogP contribution in [0.5, 0.6) is 0 Å². The zero-order chi connectivity index (χ0) is 10.9. The number of nitrogens with two attached hydrogens (primary N) is 1. The maximum absolute atomic E-state index is 5.99. The Morgan fingerprint density at radius 3 is 2.80 bits per heavy atom. The summed E-state index contributed by atoms with van der Waals surface area (Å²) in [7, 11) is 1.77. The van der Waals surface area contributed by atoms with Gasteiger partial charge in [0.2, 0.25) is 0 Å². The normalized spacial score (nSPS) is 38.2. The van der Waals surface area contributed by atoms with Gasteiger partial charge in [-0.3, -0.25) is 0 Å². The zero-order valence-electron chi connectivity index (χ0n) is 9.87. The topological polar surface area (TPSA) is 44.5 Å². The summed E-state index contributed by atoms with van der Waals surface area (Å²) >= 11 is 0. The van der Waals surface area contributed by atoms with Gasteiger partial charge in [0.05, 0.1) is 12.2 Å². The van der Waals surface area contributed by atoms with Crippen molar-refractivity contribution in [3.63, 3.8) is 0 Å². The molecule has 15 heavy (non-hydrogen) atoms. The molecule has 0 bridgehead atoms. The highest BCUT2D eigenvalue weighted by atomic mass is 16.5. The predicted molar refractivity (Wildman–Crippen MR) is 59.7 cm³/mol. The van der Waals surface area contributed by atoms with Crippen LogP contribution in [0.2, 0.25) is 0 Å². The first-order valence-electron chi connectivity index (χ1n) is 6.06. The van der Waals surface area contributed by atoms with Crippen molar-refractivity contribution in [2.45, 2.75) is 44.8 Å². The quantitative estimate of drug-likeness (QED) is 0.753. The molecule has 3 nitrogen and oxygen atoms in total. The van der Waals surface area contributed by atoms with Crippen LogP contribution >= 0.6 is 0 Å². The predicted octanol–water partition coefficient (Wildman–Crippen LogP) is 1.56. The molecule has 1 aliphatic heterocycles. The Morgan fingerprint density at radius 1 is 1.53 bits per heavy atom. The van der Waals surface area contributed by atoms with E-state index < -0.39 is 0 Å². The van der Waals surface area contributed by atoms with Crippen molar-refractivity contribution in [1.82, 2.24) is 0 Å². The van der Waals surface area contributed by atoms with E-state index in [-0.39, 0.29) is 11.5 Å². The molecule has 0 amide bonds. The Morgan fingerprint density at radius 2 is 2.27 bits per heavy atom. The summed E-state index contributed by atoms with van der Waals surface area (Å²) in [4.78, 5) is 0. The molecule has 1 aliphatic carbocycles. The third-order valence-corrected chi connectivity index (χ3v) is 4.05. The van der Waals surface area contributed by atoms with E-state index in [4.69, 9.17) is 15.2 Å². The largest absolute Gasteiger partial charge is 0.382 e. The first-order valence-corrected chi connectivity index (χ1v) is 6.06. The summed E-state index contributed by atoms with van der Waals surface area (Å²) < 4.78 is 11.3. The van der Waals surface area contributed by atoms with Gasteiger partial charge in [-0.25, -0.2) is 0 Å². The molecule has 3 atom stereocenters. The van der Waals surface area contributed by atoms with Gasteiger partial charge >= 0.3 is 0 Å². The number of methoxy groups -OCH3 is 1. The summed E-state index contributed by atoms with van der Waals surface area (Å²) in [5.41, 5.74) is 6.18. The fourth-order valence-electron chi connectivity index (χ4n) is 2.92. The molecule has 0 aromatic rings. The van der Waals surface area contributed by atoms with E-state index in [0.717, 1.165) is 31.9 Å². The fraction of sp³-hybridized carbons (Fsp3) is 1.00. The van der Waals surface area contributed by atoms with Crippen molar-refractivity contribution in [1.29, 1.82) is 0 Å². The molecule has 3 unspecified atom stereocenters. The zero-order valence-corrected chi connectivity index (χ0v) is 9.87. The average molecular weight is 213 g/mol. The number of hydrogen-bond donors (Lipinski definition) is 1. The molecule has 1 saturated carbocycles. The lowest BCUT2D eigenvalue weighted by Crippen LogP contribution is -2.42. The molecule has 1 heterocycles. The van der Waals surface area contributed by atoms with Gasteiger partial charge in [0.25, 0.3) is 0 Å². The highest BCUT2D eigenvalue weighted by molar-refractivity contribution is 5.00. The van der Waals surface area contributed by atoms with Crippen LogP contribution in [0.25, 0.3) is 0 Å². The molecule has 1 saturated heterocycles. The Bertz CT molecular complexity index is 218. The van der Waals surface area contributed by atoms with E-state index in [1.165, 1.54) is 12.8 Å². The molecule has 2 rings (SSSR count). The third-order valence-electron chi connectivity index (χ3n) is 4.05. The van der Waals surface area contributed by atoms with Gasteiger partial charge in [-0.05, 0) is 38.5 Å². The lowest BCUT2D eigenvalue weighted by Gasteiger charge is -2.35. The second-order valence-corrected chi connectivity index (χ2v) is 5.20. The van der Waals surface area contributed by atoms with Gasteiger partial charge in [-0.1, -0.05) is 0 Å². The van der Waals surface area contributed by atoms with Crippen LogP contribution in [0.15, 0.2) is 0 Å². The van der Waals surface area contributed by atoms with Gasteiger partial charge in [-0.2, -0.15) is 0 Å². The minimum absolute atomic E-state index is 0.191. The standard InChI is InChI=1S/C12H23NO2/c1-9(14-2)7-12(8-13)5-6-15-11(12)10-3-4-10/h9-11H,3-8,13H2,1-2H3. The number of ether oxygens (including phenoxy) is 2. The van der Waals surface area contributed by atoms with Crippen molar-refractivity contribution in [2.75, 3.05) is 20.3 Å². The summed E-state index contributed by atoms with van der Waals surface area (Å²) in [6, 6.07) is 0. The van der Waals surface area contributed by atoms with Crippen LogP contribution in [0.1, 0.15) is 32.6 Å². The molecule has 2 fully saturated rings. The summed E-state index contributed by atoms with van der Waals surface area (Å²) in [6.07, 6.45) is 5.50. The van der Waals surface area contributed by atoms with Crippen LogP contribution in [0.4, 0.5) is 0 Å². The van der Waals surface area contributed by atoms with Crippen LogP contribution in [0.3, 0.4) is 0 Å². The second-order valence-electron chi connectivity index (χ2n) is 5.20. The van der Waals surface area contributed by atoms with Crippen LogP contribution in [-0.4, -0.2) is 32.5 Å². The fourth-order valence-corrected chi connectivity index (χ4v) is 2.92. The first kappa shape index (κ1) is 11.4. The monoisotopic (exact) mass is 213 g/mol. The maximum Gasteiger partial charge on any atom is 0.0673 e. The lowest BCUT2D eigenvalue weighted by atomic mass is 9.75. The molecule has 88 valence electrons. The molecule has 3 heteroatoms. The van der Waals surface area contributed by atoms with Crippen molar-refractivity contribution >= 4 is 0 Å². The highest BCUT2D eigenvalue weighted by Gasteiger charge is 2.50. The van der Waals surface area contributed by atoms with Gasteiger partial charge in [0.1, 0.15) is 0 Å². The molecule has 2 aliphatic rings. The summed E-state index contributed by atoms with van der Waals surface area (Å²) in [5, 5.41) is 0. The molecular formula is C12H23NO2. The molecule has 0 spiro atoms. The number of rotatable bonds is 5. The molecule has 0 aromatic heterocycles. The Balaban J connectivity index is 2.04. The molecule has 0 aromatic carbocycles. The van der Waals surface area contributed by atoms with Crippen molar-refractivity contribution in [3.8, 4) is 0 Å². The maximum atomic E-state index is 5.99. The second kappa shape index (κ2) is 4.40. The van der Waals surface area contributed by atoms with E-state index in [2.05, 4.69) is 6.92 Å². The Kier molecular flexibility index (Phi) is 3.33. The van der Waals surface area contributed by atoms with E-state index in [1.54, 1.807) is 7.11 Å². The lowest BCUT2D eigenvalue weighted by molar-refractivity contribution is -0.00109. The smallest absolute Gasteiger partial charge is 0.0673 e. The van der Waals surface area contributed by atoms with Crippen LogP contribution < -0.4 is 5.73 Å². The van der Waals surface area contributed by atoms with E-state index in [9.17, 15) is 0 Å². The summed E-state index contributed by atoms with van der Waals surface area (Å²) in [5.74, 6) is 0.778. The van der Waals surface area contributed by atoms with Crippen LogP contribution in [-0.2, 0) is 9.47 Å². The van der Waals surface area contributed by atoms with Crippen molar-refractivity contribution in [3.05, 3.63) is 0 Å².